The summed E-state index contributed by atoms with van der Waals surface area (Å²) in [6.07, 6.45) is 11.3. The highest BCUT2D eigenvalue weighted by Crippen LogP contribution is 2.38. The SMILES string of the molecule is Clc1ccc2c(c1)N(C1CCCCCCC1)C=NS2. The number of fused-ring (bicyclic) bond motifs is 1. The van der Waals surface area contributed by atoms with Crippen LogP contribution < -0.4 is 4.90 Å². The fourth-order valence-corrected chi connectivity index (χ4v) is 3.78. The molecule has 0 unspecified atom stereocenters. The van der Waals surface area contributed by atoms with Crippen molar-refractivity contribution in [1.82, 2.24) is 0 Å². The highest BCUT2D eigenvalue weighted by molar-refractivity contribution is 7.98. The molecule has 102 valence electrons. The smallest absolute Gasteiger partial charge is 0.104 e. The first kappa shape index (κ1) is 13.3. The van der Waals surface area contributed by atoms with Crippen LogP contribution in [0.1, 0.15) is 44.9 Å². The number of rotatable bonds is 1. The molecule has 0 amide bonds. The van der Waals surface area contributed by atoms with Gasteiger partial charge in [-0.25, -0.2) is 4.40 Å². The van der Waals surface area contributed by atoms with Crippen molar-refractivity contribution in [2.45, 2.75) is 55.9 Å². The van der Waals surface area contributed by atoms with Crippen LogP contribution in [0.3, 0.4) is 0 Å². The van der Waals surface area contributed by atoms with Gasteiger partial charge in [-0.1, -0.05) is 43.7 Å². The maximum Gasteiger partial charge on any atom is 0.104 e. The minimum absolute atomic E-state index is 0.585. The Hall–Kier alpha value is -0.670. The van der Waals surface area contributed by atoms with Gasteiger partial charge in [0.25, 0.3) is 0 Å². The first-order chi connectivity index (χ1) is 9.34. The third-order valence-corrected chi connectivity index (χ3v) is 4.97. The molecule has 2 aliphatic rings. The molecule has 0 N–H and O–H groups in total. The van der Waals surface area contributed by atoms with Crippen molar-refractivity contribution in [3.8, 4) is 0 Å². The number of benzene rings is 1. The summed E-state index contributed by atoms with van der Waals surface area (Å²) >= 11 is 7.70. The second kappa shape index (κ2) is 6.19. The molecule has 1 aromatic carbocycles. The zero-order chi connectivity index (χ0) is 13.1. The summed E-state index contributed by atoms with van der Waals surface area (Å²) in [5.41, 5.74) is 1.23. The van der Waals surface area contributed by atoms with E-state index in [1.54, 1.807) is 11.9 Å². The highest BCUT2D eigenvalue weighted by Gasteiger charge is 2.23. The summed E-state index contributed by atoms with van der Waals surface area (Å²) in [5, 5.41) is 0.811. The Kier molecular flexibility index (Phi) is 4.34. The Balaban J connectivity index is 1.85. The molecule has 3 rings (SSSR count). The lowest BCUT2D eigenvalue weighted by Gasteiger charge is -2.34. The molecule has 0 atom stereocenters. The molecule has 0 aromatic heterocycles. The zero-order valence-electron chi connectivity index (χ0n) is 11.0. The van der Waals surface area contributed by atoms with Crippen molar-refractivity contribution in [3.05, 3.63) is 23.2 Å². The molecule has 1 aliphatic heterocycles. The van der Waals surface area contributed by atoms with Crippen molar-refractivity contribution >= 4 is 35.6 Å². The van der Waals surface area contributed by atoms with Crippen LogP contribution in [-0.4, -0.2) is 12.4 Å². The average Bonchev–Trinajstić information content (AvgIpc) is 2.38. The average molecular weight is 295 g/mol. The van der Waals surface area contributed by atoms with Gasteiger partial charge in [0.1, 0.15) is 6.34 Å². The minimum atomic E-state index is 0.585. The van der Waals surface area contributed by atoms with Crippen molar-refractivity contribution < 1.29 is 0 Å². The van der Waals surface area contributed by atoms with Gasteiger partial charge in [0.05, 0.1) is 10.6 Å². The molecule has 0 radical (unpaired) electrons. The largest absolute Gasteiger partial charge is 0.328 e. The van der Waals surface area contributed by atoms with Gasteiger partial charge in [-0.05, 0) is 31.0 Å². The van der Waals surface area contributed by atoms with Gasteiger partial charge >= 0.3 is 0 Å². The zero-order valence-corrected chi connectivity index (χ0v) is 12.6. The lowest BCUT2D eigenvalue weighted by Crippen LogP contribution is -2.36. The minimum Gasteiger partial charge on any atom is -0.328 e. The van der Waals surface area contributed by atoms with Crippen LogP contribution in [0.5, 0.6) is 0 Å². The quantitative estimate of drug-likeness (QED) is 0.652. The normalized spacial score (nSPS) is 20.8. The maximum absolute atomic E-state index is 6.16. The summed E-state index contributed by atoms with van der Waals surface area (Å²) in [5.74, 6) is 0. The van der Waals surface area contributed by atoms with E-state index in [-0.39, 0.29) is 0 Å². The molecular formula is C15H19ClN2S. The molecule has 1 heterocycles. The molecule has 0 saturated heterocycles. The molecule has 1 aromatic rings. The topological polar surface area (TPSA) is 15.6 Å². The second-order valence-electron chi connectivity index (χ2n) is 5.33. The number of nitrogens with zero attached hydrogens (tertiary/aromatic N) is 2. The van der Waals surface area contributed by atoms with Crippen molar-refractivity contribution in [2.75, 3.05) is 4.90 Å². The summed E-state index contributed by atoms with van der Waals surface area (Å²) in [4.78, 5) is 3.57. The van der Waals surface area contributed by atoms with E-state index in [0.29, 0.717) is 6.04 Å². The van der Waals surface area contributed by atoms with Gasteiger partial charge < -0.3 is 4.90 Å². The van der Waals surface area contributed by atoms with Crippen LogP contribution in [-0.2, 0) is 0 Å². The van der Waals surface area contributed by atoms with E-state index >= 15 is 0 Å². The highest BCUT2D eigenvalue weighted by atomic mass is 35.5. The van der Waals surface area contributed by atoms with Gasteiger partial charge in [0.2, 0.25) is 0 Å². The molecule has 4 heteroatoms. The number of halogens is 1. The van der Waals surface area contributed by atoms with E-state index in [1.165, 1.54) is 55.5 Å². The fourth-order valence-electron chi connectivity index (χ4n) is 2.97. The van der Waals surface area contributed by atoms with E-state index in [0.717, 1.165) is 5.02 Å². The van der Waals surface area contributed by atoms with Gasteiger partial charge in [-0.2, -0.15) is 0 Å². The molecule has 19 heavy (non-hydrogen) atoms. The predicted molar refractivity (Wildman–Crippen MR) is 84.4 cm³/mol. The Bertz CT molecular complexity index is 467. The summed E-state index contributed by atoms with van der Waals surface area (Å²) in [7, 11) is 0. The predicted octanol–water partition coefficient (Wildman–Crippen LogP) is 5.31. The molecule has 2 nitrogen and oxygen atoms in total. The standard InChI is InChI=1S/C15H19ClN2S/c16-12-8-9-15-14(10-12)18(11-17-19-15)13-6-4-2-1-3-5-7-13/h8-11,13H,1-7H2. The van der Waals surface area contributed by atoms with E-state index in [4.69, 9.17) is 11.6 Å². The van der Waals surface area contributed by atoms with Crippen molar-refractivity contribution in [1.29, 1.82) is 0 Å². The van der Waals surface area contributed by atoms with E-state index < -0.39 is 0 Å². The van der Waals surface area contributed by atoms with Gasteiger partial charge in [0.15, 0.2) is 0 Å². The van der Waals surface area contributed by atoms with Crippen LogP contribution in [0.15, 0.2) is 27.5 Å². The van der Waals surface area contributed by atoms with Crippen LogP contribution in [0, 0.1) is 0 Å². The molecule has 1 aliphatic carbocycles. The maximum atomic E-state index is 6.16. The van der Waals surface area contributed by atoms with Gasteiger partial charge in [-0.15, -0.1) is 0 Å². The monoisotopic (exact) mass is 294 g/mol. The first-order valence-electron chi connectivity index (χ1n) is 7.13. The van der Waals surface area contributed by atoms with Crippen molar-refractivity contribution in [3.63, 3.8) is 0 Å². The Labute approximate surface area is 124 Å². The molecule has 0 bridgehead atoms. The second-order valence-corrected chi connectivity index (χ2v) is 6.60. The Morgan fingerprint density at radius 3 is 2.63 bits per heavy atom. The fraction of sp³-hybridized carbons (Fsp3) is 0.533. The number of hydrogen-bond acceptors (Lipinski definition) is 3. The molecule has 1 saturated carbocycles. The van der Waals surface area contributed by atoms with Gasteiger partial charge in [0, 0.05) is 23.0 Å². The third-order valence-electron chi connectivity index (χ3n) is 3.99. The first-order valence-corrected chi connectivity index (χ1v) is 8.28. The van der Waals surface area contributed by atoms with E-state index in [9.17, 15) is 0 Å². The molecule has 0 spiro atoms. The number of hydrogen-bond donors (Lipinski definition) is 0. The van der Waals surface area contributed by atoms with Crippen molar-refractivity contribution in [2.24, 2.45) is 4.40 Å². The lowest BCUT2D eigenvalue weighted by atomic mass is 9.95. The summed E-state index contributed by atoms with van der Waals surface area (Å²) < 4.78 is 4.43. The number of anilines is 1. The van der Waals surface area contributed by atoms with Crippen LogP contribution in [0.2, 0.25) is 5.02 Å². The summed E-state index contributed by atoms with van der Waals surface area (Å²) in [6, 6.07) is 6.69. The van der Waals surface area contributed by atoms with Gasteiger partial charge in [-0.3, -0.25) is 0 Å². The van der Waals surface area contributed by atoms with E-state index in [2.05, 4.69) is 21.4 Å². The Morgan fingerprint density at radius 1 is 1.11 bits per heavy atom. The van der Waals surface area contributed by atoms with Crippen LogP contribution >= 0.6 is 23.5 Å². The third kappa shape index (κ3) is 3.09. The molecular weight excluding hydrogens is 276 g/mol. The van der Waals surface area contributed by atoms with Crippen LogP contribution in [0.25, 0.3) is 0 Å². The Morgan fingerprint density at radius 2 is 1.84 bits per heavy atom. The lowest BCUT2D eigenvalue weighted by molar-refractivity contribution is 0.453. The summed E-state index contributed by atoms with van der Waals surface area (Å²) in [6.45, 7) is 0. The molecule has 1 fully saturated rings. The van der Waals surface area contributed by atoms with E-state index in [1.807, 2.05) is 12.4 Å². The van der Waals surface area contributed by atoms with Crippen LogP contribution in [0.4, 0.5) is 5.69 Å².